The number of aliphatic hydroxyl groups is 1. The maximum atomic E-state index is 10.4. The Balaban J connectivity index is 2.15. The topological polar surface area (TPSA) is 29.5 Å². The Morgan fingerprint density at radius 1 is 1.47 bits per heavy atom. The van der Waals surface area contributed by atoms with Crippen LogP contribution in [0.1, 0.15) is 37.0 Å². The van der Waals surface area contributed by atoms with Crippen LogP contribution in [0.5, 0.6) is 0 Å². The van der Waals surface area contributed by atoms with Crippen LogP contribution < -0.4 is 0 Å². The summed E-state index contributed by atoms with van der Waals surface area (Å²) in [6.45, 7) is 4.56. The second kappa shape index (κ2) is 5.38. The van der Waals surface area contributed by atoms with Crippen molar-refractivity contribution in [2.45, 2.75) is 38.9 Å². The van der Waals surface area contributed by atoms with Crippen LogP contribution in [-0.4, -0.2) is 17.8 Å². The van der Waals surface area contributed by atoms with Crippen LogP contribution >= 0.6 is 11.6 Å². The lowest BCUT2D eigenvalue weighted by molar-refractivity contribution is -0.0461. The Bertz CT molecular complexity index is 388. The van der Waals surface area contributed by atoms with Gasteiger partial charge in [-0.15, -0.1) is 0 Å². The molecular weight excluding hydrogens is 236 g/mol. The predicted molar refractivity (Wildman–Crippen MR) is 69.3 cm³/mol. The molecule has 2 rings (SSSR count). The number of benzene rings is 1. The van der Waals surface area contributed by atoms with E-state index in [1.807, 2.05) is 32.0 Å². The van der Waals surface area contributed by atoms with E-state index in [2.05, 4.69) is 0 Å². The monoisotopic (exact) mass is 254 g/mol. The highest BCUT2D eigenvalue weighted by molar-refractivity contribution is 6.31. The molecule has 1 N–H and O–H groups in total. The molecule has 2 nitrogen and oxygen atoms in total. The van der Waals surface area contributed by atoms with Gasteiger partial charge >= 0.3 is 0 Å². The van der Waals surface area contributed by atoms with Crippen molar-refractivity contribution in [2.75, 3.05) is 6.61 Å². The lowest BCUT2D eigenvalue weighted by Gasteiger charge is -2.23. The molecule has 0 radical (unpaired) electrons. The van der Waals surface area contributed by atoms with Crippen LogP contribution in [-0.2, 0) is 4.74 Å². The third-order valence-electron chi connectivity index (χ3n) is 3.29. The molecule has 0 aliphatic heterocycles. The van der Waals surface area contributed by atoms with Gasteiger partial charge in [0.25, 0.3) is 0 Å². The predicted octanol–water partition coefficient (Wildman–Crippen LogP) is 3.50. The summed E-state index contributed by atoms with van der Waals surface area (Å²) < 4.78 is 5.66. The third kappa shape index (κ3) is 3.01. The number of aliphatic hydroxyl groups excluding tert-OH is 1. The summed E-state index contributed by atoms with van der Waals surface area (Å²) in [6, 6.07) is 5.72. The largest absolute Gasteiger partial charge is 0.386 e. The fourth-order valence-electron chi connectivity index (χ4n) is 2.08. The van der Waals surface area contributed by atoms with E-state index in [0.717, 1.165) is 24.0 Å². The zero-order valence-corrected chi connectivity index (χ0v) is 11.1. The normalized spacial score (nSPS) is 19.1. The first-order valence-electron chi connectivity index (χ1n) is 6.19. The first-order chi connectivity index (χ1) is 8.13. The Hall–Kier alpha value is -0.570. The van der Waals surface area contributed by atoms with Crippen molar-refractivity contribution in [1.29, 1.82) is 0 Å². The molecule has 17 heavy (non-hydrogen) atoms. The molecule has 1 saturated carbocycles. The molecule has 1 fully saturated rings. The van der Waals surface area contributed by atoms with Gasteiger partial charge in [0.1, 0.15) is 6.10 Å². The van der Waals surface area contributed by atoms with Crippen molar-refractivity contribution in [3.8, 4) is 0 Å². The minimum Gasteiger partial charge on any atom is -0.386 e. The standard InChI is InChI=1S/C14H19ClO2/c1-3-17-14(10-6-7-10)13(16)11-5-4-9(2)12(15)8-11/h4-5,8,10,13-14,16H,3,6-7H2,1-2H3. The van der Waals surface area contributed by atoms with Gasteiger partial charge in [-0.1, -0.05) is 23.7 Å². The number of hydrogen-bond acceptors (Lipinski definition) is 2. The number of ether oxygens (including phenoxy) is 1. The molecule has 0 bridgehead atoms. The van der Waals surface area contributed by atoms with Crippen LogP contribution in [0.25, 0.3) is 0 Å². The van der Waals surface area contributed by atoms with Gasteiger partial charge in [-0.2, -0.15) is 0 Å². The number of hydrogen-bond donors (Lipinski definition) is 1. The number of aryl methyl sites for hydroxylation is 1. The second-order valence-electron chi connectivity index (χ2n) is 4.71. The zero-order chi connectivity index (χ0) is 12.4. The molecule has 1 aromatic carbocycles. The summed E-state index contributed by atoms with van der Waals surface area (Å²) in [4.78, 5) is 0. The molecule has 1 aliphatic rings. The fraction of sp³-hybridized carbons (Fsp3) is 0.571. The van der Waals surface area contributed by atoms with Gasteiger partial charge in [0.2, 0.25) is 0 Å². The van der Waals surface area contributed by atoms with Crippen LogP contribution in [0.4, 0.5) is 0 Å². The van der Waals surface area contributed by atoms with Gasteiger partial charge in [0.05, 0.1) is 6.10 Å². The van der Waals surface area contributed by atoms with Crippen molar-refractivity contribution in [2.24, 2.45) is 5.92 Å². The highest BCUT2D eigenvalue weighted by Gasteiger charge is 2.37. The van der Waals surface area contributed by atoms with E-state index in [1.165, 1.54) is 0 Å². The number of rotatable bonds is 5. The zero-order valence-electron chi connectivity index (χ0n) is 10.3. The molecule has 94 valence electrons. The maximum Gasteiger partial charge on any atom is 0.105 e. The smallest absolute Gasteiger partial charge is 0.105 e. The maximum absolute atomic E-state index is 10.4. The highest BCUT2D eigenvalue weighted by Crippen LogP contribution is 2.40. The first kappa shape index (κ1) is 12.9. The minimum absolute atomic E-state index is 0.0845. The molecule has 0 heterocycles. The summed E-state index contributed by atoms with van der Waals surface area (Å²) in [6.07, 6.45) is 1.65. The van der Waals surface area contributed by atoms with E-state index in [0.29, 0.717) is 17.5 Å². The lowest BCUT2D eigenvalue weighted by atomic mass is 10.00. The molecule has 0 amide bonds. The average molecular weight is 255 g/mol. The summed E-state index contributed by atoms with van der Waals surface area (Å²) >= 11 is 6.08. The van der Waals surface area contributed by atoms with Crippen molar-refractivity contribution < 1.29 is 9.84 Å². The van der Waals surface area contributed by atoms with Gasteiger partial charge in [-0.25, -0.2) is 0 Å². The fourth-order valence-corrected chi connectivity index (χ4v) is 2.27. The molecule has 1 aliphatic carbocycles. The van der Waals surface area contributed by atoms with Gasteiger partial charge < -0.3 is 9.84 Å². The van der Waals surface area contributed by atoms with E-state index in [4.69, 9.17) is 16.3 Å². The summed E-state index contributed by atoms with van der Waals surface area (Å²) in [5.41, 5.74) is 1.88. The summed E-state index contributed by atoms with van der Waals surface area (Å²) in [5.74, 6) is 0.505. The Morgan fingerprint density at radius 3 is 2.71 bits per heavy atom. The Morgan fingerprint density at radius 2 is 2.18 bits per heavy atom. The third-order valence-corrected chi connectivity index (χ3v) is 3.70. The van der Waals surface area contributed by atoms with Crippen LogP contribution in [0.2, 0.25) is 5.02 Å². The molecule has 2 unspecified atom stereocenters. The van der Waals surface area contributed by atoms with Gasteiger partial charge in [-0.05, 0) is 49.8 Å². The molecular formula is C14H19ClO2. The SMILES string of the molecule is CCOC(C1CC1)C(O)c1ccc(C)c(Cl)c1. The minimum atomic E-state index is -0.569. The number of halogens is 1. The summed E-state index contributed by atoms with van der Waals surface area (Å²) in [5, 5.41) is 11.1. The Labute approximate surface area is 108 Å². The average Bonchev–Trinajstić information content (AvgIpc) is 3.13. The first-order valence-corrected chi connectivity index (χ1v) is 6.57. The van der Waals surface area contributed by atoms with E-state index < -0.39 is 6.10 Å². The van der Waals surface area contributed by atoms with E-state index >= 15 is 0 Å². The van der Waals surface area contributed by atoms with Crippen molar-refractivity contribution >= 4 is 11.6 Å². The quantitative estimate of drug-likeness (QED) is 0.872. The van der Waals surface area contributed by atoms with Gasteiger partial charge in [0, 0.05) is 11.6 Å². The molecule has 0 spiro atoms. The highest BCUT2D eigenvalue weighted by atomic mass is 35.5. The van der Waals surface area contributed by atoms with E-state index in [9.17, 15) is 5.11 Å². The lowest BCUT2D eigenvalue weighted by Crippen LogP contribution is -2.24. The second-order valence-corrected chi connectivity index (χ2v) is 5.12. The van der Waals surface area contributed by atoms with E-state index in [1.54, 1.807) is 0 Å². The van der Waals surface area contributed by atoms with Crippen molar-refractivity contribution in [3.05, 3.63) is 34.3 Å². The summed E-state index contributed by atoms with van der Waals surface area (Å²) in [7, 11) is 0. The molecule has 1 aromatic rings. The molecule has 2 atom stereocenters. The molecule has 0 saturated heterocycles. The Kier molecular flexibility index (Phi) is 4.08. The van der Waals surface area contributed by atoms with E-state index in [-0.39, 0.29) is 6.10 Å². The van der Waals surface area contributed by atoms with Crippen LogP contribution in [0.3, 0.4) is 0 Å². The molecule has 3 heteroatoms. The van der Waals surface area contributed by atoms with Gasteiger partial charge in [-0.3, -0.25) is 0 Å². The van der Waals surface area contributed by atoms with Crippen LogP contribution in [0.15, 0.2) is 18.2 Å². The van der Waals surface area contributed by atoms with Gasteiger partial charge in [0.15, 0.2) is 0 Å². The molecule has 0 aromatic heterocycles. The van der Waals surface area contributed by atoms with Crippen molar-refractivity contribution in [1.82, 2.24) is 0 Å². The van der Waals surface area contributed by atoms with Crippen molar-refractivity contribution in [3.63, 3.8) is 0 Å². The van der Waals surface area contributed by atoms with Crippen LogP contribution in [0, 0.1) is 12.8 Å².